The van der Waals surface area contributed by atoms with Crippen LogP contribution < -0.4 is 4.72 Å². The van der Waals surface area contributed by atoms with Crippen LogP contribution in [0.15, 0.2) is 12.3 Å². The van der Waals surface area contributed by atoms with Crippen molar-refractivity contribution >= 4 is 15.8 Å². The topological polar surface area (TPSA) is 84.2 Å². The first kappa shape index (κ1) is 10.0. The molecule has 0 atom stereocenters. The Morgan fingerprint density at radius 2 is 2.38 bits per heavy atom. The molecule has 0 unspecified atom stereocenters. The Morgan fingerprint density at radius 3 is 2.85 bits per heavy atom. The van der Waals surface area contributed by atoms with E-state index in [-0.39, 0.29) is 11.6 Å². The van der Waals surface area contributed by atoms with Gasteiger partial charge in [0.25, 0.3) is 0 Å². The van der Waals surface area contributed by atoms with Crippen molar-refractivity contribution < 1.29 is 13.5 Å². The molecule has 0 aliphatic heterocycles. The third-order valence-corrected chi connectivity index (χ3v) is 2.57. The van der Waals surface area contributed by atoms with E-state index in [9.17, 15) is 8.42 Å². The quantitative estimate of drug-likeness (QED) is 0.671. The number of nitrogens with zero attached hydrogens (tertiary/aromatic N) is 2. The highest BCUT2D eigenvalue weighted by molar-refractivity contribution is 7.92. The van der Waals surface area contributed by atoms with Crippen molar-refractivity contribution in [1.29, 1.82) is 0 Å². The average Bonchev–Trinajstić information content (AvgIpc) is 2.34. The second kappa shape index (κ2) is 3.75. The lowest BCUT2D eigenvalue weighted by Gasteiger charge is -2.01. The van der Waals surface area contributed by atoms with Crippen LogP contribution in [0.5, 0.6) is 0 Å². The summed E-state index contributed by atoms with van der Waals surface area (Å²) in [7, 11) is -1.76. The molecule has 0 aliphatic rings. The van der Waals surface area contributed by atoms with Crippen LogP contribution >= 0.6 is 0 Å². The van der Waals surface area contributed by atoms with Crippen molar-refractivity contribution in [3.05, 3.63) is 12.3 Å². The molecule has 7 heteroatoms. The number of aliphatic hydroxyl groups is 1. The smallest absolute Gasteiger partial charge is 0.236 e. The SMILES string of the molecule is Cn1ccc(NS(=O)(=O)CCO)n1. The first-order valence-corrected chi connectivity index (χ1v) is 5.30. The maximum absolute atomic E-state index is 11.1. The van der Waals surface area contributed by atoms with E-state index in [2.05, 4.69) is 9.82 Å². The van der Waals surface area contributed by atoms with Crippen LogP contribution in [0, 0.1) is 0 Å². The maximum Gasteiger partial charge on any atom is 0.236 e. The van der Waals surface area contributed by atoms with Crippen LogP contribution in [0.4, 0.5) is 5.82 Å². The highest BCUT2D eigenvalue weighted by Crippen LogP contribution is 2.03. The van der Waals surface area contributed by atoms with E-state index < -0.39 is 16.6 Å². The predicted octanol–water partition coefficient (Wildman–Crippen LogP) is -0.846. The molecule has 1 aromatic rings. The van der Waals surface area contributed by atoms with E-state index in [4.69, 9.17) is 5.11 Å². The van der Waals surface area contributed by atoms with Crippen LogP contribution in [0.2, 0.25) is 0 Å². The van der Waals surface area contributed by atoms with Gasteiger partial charge in [0.2, 0.25) is 10.0 Å². The van der Waals surface area contributed by atoms with Gasteiger partial charge in [-0.1, -0.05) is 0 Å². The second-order valence-corrected chi connectivity index (χ2v) is 4.36. The third kappa shape index (κ3) is 3.03. The lowest BCUT2D eigenvalue weighted by atomic mass is 10.7. The summed E-state index contributed by atoms with van der Waals surface area (Å²) in [5, 5.41) is 12.3. The van der Waals surface area contributed by atoms with Crippen LogP contribution in [-0.2, 0) is 17.1 Å². The van der Waals surface area contributed by atoms with E-state index in [0.29, 0.717) is 0 Å². The molecule has 0 radical (unpaired) electrons. The molecule has 1 heterocycles. The molecule has 0 aromatic carbocycles. The van der Waals surface area contributed by atoms with Gasteiger partial charge >= 0.3 is 0 Å². The number of anilines is 1. The van der Waals surface area contributed by atoms with Crippen molar-refractivity contribution in [3.8, 4) is 0 Å². The third-order valence-electron chi connectivity index (χ3n) is 1.33. The van der Waals surface area contributed by atoms with Gasteiger partial charge in [0.1, 0.15) is 0 Å². The molecule has 0 aliphatic carbocycles. The zero-order valence-electron chi connectivity index (χ0n) is 7.14. The number of aryl methyl sites for hydroxylation is 1. The highest BCUT2D eigenvalue weighted by Gasteiger charge is 2.10. The molecule has 1 rings (SSSR count). The zero-order chi connectivity index (χ0) is 9.90. The van der Waals surface area contributed by atoms with Crippen LogP contribution in [0.25, 0.3) is 0 Å². The Labute approximate surface area is 76.2 Å². The molecule has 0 bridgehead atoms. The standard InChI is InChI=1S/C6H11N3O3S/c1-9-3-2-6(7-9)8-13(11,12)5-4-10/h2-3,10H,4-5H2,1H3,(H,7,8). The summed E-state index contributed by atoms with van der Waals surface area (Å²) in [6.07, 6.45) is 1.62. The number of sulfonamides is 1. The molecule has 0 amide bonds. The fraction of sp³-hybridized carbons (Fsp3) is 0.500. The molecule has 74 valence electrons. The fourth-order valence-corrected chi connectivity index (χ4v) is 1.57. The lowest BCUT2D eigenvalue weighted by molar-refractivity contribution is 0.320. The summed E-state index contributed by atoms with van der Waals surface area (Å²) >= 11 is 0. The summed E-state index contributed by atoms with van der Waals surface area (Å²) < 4.78 is 25.9. The van der Waals surface area contributed by atoms with E-state index in [1.54, 1.807) is 13.2 Å². The van der Waals surface area contributed by atoms with Crippen molar-refractivity contribution in [3.63, 3.8) is 0 Å². The number of hydrogen-bond donors (Lipinski definition) is 2. The van der Waals surface area contributed by atoms with Crippen LogP contribution in [0.1, 0.15) is 0 Å². The Bertz CT molecular complexity index is 370. The van der Waals surface area contributed by atoms with E-state index in [1.807, 2.05) is 0 Å². The molecule has 0 saturated heterocycles. The van der Waals surface area contributed by atoms with Gasteiger partial charge in [-0.05, 0) is 0 Å². The molecule has 6 nitrogen and oxygen atoms in total. The maximum atomic E-state index is 11.1. The van der Waals surface area contributed by atoms with Gasteiger partial charge in [0.05, 0.1) is 12.4 Å². The van der Waals surface area contributed by atoms with Gasteiger partial charge in [-0.15, -0.1) is 0 Å². The second-order valence-electron chi connectivity index (χ2n) is 2.52. The molecule has 0 spiro atoms. The Morgan fingerprint density at radius 1 is 1.69 bits per heavy atom. The van der Waals surface area contributed by atoms with Gasteiger partial charge < -0.3 is 5.11 Å². The van der Waals surface area contributed by atoms with Crippen molar-refractivity contribution in [1.82, 2.24) is 9.78 Å². The normalized spacial score (nSPS) is 11.5. The van der Waals surface area contributed by atoms with E-state index in [1.165, 1.54) is 10.7 Å². The number of rotatable bonds is 4. The van der Waals surface area contributed by atoms with Gasteiger partial charge in [0.15, 0.2) is 5.82 Å². The van der Waals surface area contributed by atoms with E-state index in [0.717, 1.165) is 0 Å². The monoisotopic (exact) mass is 205 g/mol. The van der Waals surface area contributed by atoms with Crippen molar-refractivity contribution in [2.45, 2.75) is 0 Å². The Kier molecular flexibility index (Phi) is 2.89. The summed E-state index contributed by atoms with van der Waals surface area (Å²) in [6, 6.07) is 1.54. The first-order valence-electron chi connectivity index (χ1n) is 3.64. The molecule has 1 aromatic heterocycles. The molecular weight excluding hydrogens is 194 g/mol. The minimum absolute atomic E-state index is 0.260. The molecular formula is C6H11N3O3S. The van der Waals surface area contributed by atoms with Gasteiger partial charge in [-0.25, -0.2) is 8.42 Å². The van der Waals surface area contributed by atoms with Crippen molar-refractivity contribution in [2.75, 3.05) is 17.1 Å². The largest absolute Gasteiger partial charge is 0.395 e. The minimum Gasteiger partial charge on any atom is -0.395 e. The van der Waals surface area contributed by atoms with Crippen LogP contribution in [0.3, 0.4) is 0 Å². The summed E-state index contributed by atoms with van der Waals surface area (Å²) in [5.41, 5.74) is 0. The zero-order valence-corrected chi connectivity index (χ0v) is 7.95. The minimum atomic E-state index is -3.45. The number of aromatic nitrogens is 2. The van der Waals surface area contributed by atoms with Gasteiger partial charge in [-0.2, -0.15) is 5.10 Å². The van der Waals surface area contributed by atoms with Crippen molar-refractivity contribution in [2.24, 2.45) is 7.05 Å². The molecule has 0 fully saturated rings. The molecule has 0 saturated carbocycles. The van der Waals surface area contributed by atoms with Gasteiger partial charge in [0, 0.05) is 19.3 Å². The first-order chi connectivity index (χ1) is 6.03. The summed E-state index contributed by atoms with van der Waals surface area (Å²) in [6.45, 7) is -0.401. The predicted molar refractivity (Wildman–Crippen MR) is 47.7 cm³/mol. The molecule has 13 heavy (non-hydrogen) atoms. The van der Waals surface area contributed by atoms with Gasteiger partial charge in [-0.3, -0.25) is 9.40 Å². The summed E-state index contributed by atoms with van der Waals surface area (Å²) in [5.74, 6) is -0.0558. The highest BCUT2D eigenvalue weighted by atomic mass is 32.2. The number of aliphatic hydroxyl groups excluding tert-OH is 1. The molecule has 2 N–H and O–H groups in total. The fourth-order valence-electron chi connectivity index (χ4n) is 0.800. The Balaban J connectivity index is 2.69. The van der Waals surface area contributed by atoms with Crippen LogP contribution in [-0.4, -0.2) is 35.7 Å². The lowest BCUT2D eigenvalue weighted by Crippen LogP contribution is -2.19. The number of nitrogens with one attached hydrogen (secondary N) is 1. The van der Waals surface area contributed by atoms with E-state index >= 15 is 0 Å². The summed E-state index contributed by atoms with van der Waals surface area (Å²) in [4.78, 5) is 0. The average molecular weight is 205 g/mol. The Hall–Kier alpha value is -1.08. The number of hydrogen-bond acceptors (Lipinski definition) is 4.